The number of benzene rings is 2. The van der Waals surface area contributed by atoms with Gasteiger partial charge in [0.2, 0.25) is 10.0 Å². The van der Waals surface area contributed by atoms with Crippen LogP contribution in [0.15, 0.2) is 47.4 Å². The van der Waals surface area contributed by atoms with Crippen LogP contribution in [0.3, 0.4) is 0 Å². The first kappa shape index (κ1) is 23.2. The van der Waals surface area contributed by atoms with E-state index in [-0.39, 0.29) is 22.9 Å². The largest absolute Gasteiger partial charge is 0.378 e. The van der Waals surface area contributed by atoms with Crippen LogP contribution in [0.4, 0.5) is 10.8 Å². The van der Waals surface area contributed by atoms with Crippen molar-refractivity contribution in [1.29, 1.82) is 0 Å². The van der Waals surface area contributed by atoms with Crippen LogP contribution < -0.4 is 10.2 Å². The number of rotatable bonds is 7. The van der Waals surface area contributed by atoms with Crippen LogP contribution in [0.2, 0.25) is 0 Å². The Morgan fingerprint density at radius 3 is 2.32 bits per heavy atom. The summed E-state index contributed by atoms with van der Waals surface area (Å²) in [6.07, 6.45) is 0. The second kappa shape index (κ2) is 8.94. The number of carbonyl (C=O) groups is 1. The van der Waals surface area contributed by atoms with Gasteiger partial charge < -0.3 is 4.90 Å². The molecule has 3 aromatic rings. The number of carbonyl (C=O) groups excluding carboxylic acids is 1. The Morgan fingerprint density at radius 1 is 1.03 bits per heavy atom. The number of thiazole rings is 1. The summed E-state index contributed by atoms with van der Waals surface area (Å²) in [6.45, 7) is 7.45. The molecule has 0 atom stereocenters. The van der Waals surface area contributed by atoms with Crippen LogP contribution in [0.25, 0.3) is 10.2 Å². The summed E-state index contributed by atoms with van der Waals surface area (Å²) >= 11 is 1.25. The number of hydrogen-bond acceptors (Lipinski definition) is 6. The van der Waals surface area contributed by atoms with Crippen LogP contribution >= 0.6 is 11.3 Å². The van der Waals surface area contributed by atoms with Crippen molar-refractivity contribution in [2.75, 3.05) is 24.3 Å². The molecule has 7 nitrogen and oxygen atoms in total. The maximum atomic E-state index is 13.2. The summed E-state index contributed by atoms with van der Waals surface area (Å²) in [5, 5.41) is 3.25. The molecular weight excluding hydrogens is 432 g/mol. The average molecular weight is 461 g/mol. The summed E-state index contributed by atoms with van der Waals surface area (Å²) in [4.78, 5) is 19.3. The van der Waals surface area contributed by atoms with Crippen molar-refractivity contribution >= 4 is 48.3 Å². The van der Waals surface area contributed by atoms with Crippen molar-refractivity contribution < 1.29 is 13.2 Å². The van der Waals surface area contributed by atoms with Gasteiger partial charge in [-0.25, -0.2) is 13.4 Å². The summed E-state index contributed by atoms with van der Waals surface area (Å²) in [5.41, 5.74) is 2.09. The van der Waals surface area contributed by atoms with E-state index >= 15 is 0 Å². The third-order valence-corrected chi connectivity index (χ3v) is 7.98. The lowest BCUT2D eigenvalue weighted by atomic mass is 10.2. The highest BCUT2D eigenvalue weighted by Crippen LogP contribution is 2.30. The number of fused-ring (bicyclic) bond motifs is 1. The van der Waals surface area contributed by atoms with Gasteiger partial charge in [0, 0.05) is 37.4 Å². The van der Waals surface area contributed by atoms with Crippen molar-refractivity contribution in [2.45, 2.75) is 44.7 Å². The molecular formula is C22H28N4O3S2. The maximum Gasteiger partial charge on any atom is 0.257 e. The van der Waals surface area contributed by atoms with Gasteiger partial charge in [-0.3, -0.25) is 10.1 Å². The van der Waals surface area contributed by atoms with Crippen LogP contribution in [0.1, 0.15) is 38.1 Å². The van der Waals surface area contributed by atoms with Crippen molar-refractivity contribution in [3.05, 3.63) is 48.0 Å². The molecule has 0 bridgehead atoms. The third-order valence-electron chi connectivity index (χ3n) is 4.80. The molecule has 0 spiro atoms. The van der Waals surface area contributed by atoms with Gasteiger partial charge in [0.05, 0.1) is 15.1 Å². The Hall–Kier alpha value is -2.49. The molecule has 0 fully saturated rings. The van der Waals surface area contributed by atoms with Gasteiger partial charge in [-0.15, -0.1) is 0 Å². The Balaban J connectivity index is 1.89. The summed E-state index contributed by atoms with van der Waals surface area (Å²) < 4.78 is 28.5. The zero-order chi connectivity index (χ0) is 22.9. The molecule has 1 N–H and O–H groups in total. The zero-order valence-electron chi connectivity index (χ0n) is 18.6. The van der Waals surface area contributed by atoms with E-state index in [0.29, 0.717) is 20.9 Å². The lowest BCUT2D eigenvalue weighted by Gasteiger charge is -2.29. The first-order valence-electron chi connectivity index (χ1n) is 10.0. The monoisotopic (exact) mass is 460 g/mol. The predicted molar refractivity (Wildman–Crippen MR) is 128 cm³/mol. The number of nitrogens with zero attached hydrogens (tertiary/aromatic N) is 3. The number of amides is 1. The molecule has 1 aromatic heterocycles. The second-order valence-electron chi connectivity index (χ2n) is 8.07. The normalized spacial score (nSPS) is 12.2. The van der Waals surface area contributed by atoms with Gasteiger partial charge in [-0.1, -0.05) is 17.4 Å². The SMILES string of the molecule is CC(C)N(C(C)C)S(=O)(=O)c1ccc2nc(NC(=O)c3cccc(N(C)C)c3)sc2c1. The Kier molecular flexibility index (Phi) is 6.68. The molecule has 0 aliphatic carbocycles. The van der Waals surface area contributed by atoms with Crippen molar-refractivity contribution in [2.24, 2.45) is 0 Å². The minimum atomic E-state index is -3.64. The number of sulfonamides is 1. The number of anilines is 2. The smallest absolute Gasteiger partial charge is 0.257 e. The first-order valence-corrected chi connectivity index (χ1v) is 12.3. The quantitative estimate of drug-likeness (QED) is 0.564. The molecule has 2 aromatic carbocycles. The minimum absolute atomic E-state index is 0.157. The lowest BCUT2D eigenvalue weighted by Crippen LogP contribution is -2.41. The zero-order valence-corrected chi connectivity index (χ0v) is 20.2. The average Bonchev–Trinajstić information content (AvgIpc) is 3.08. The van der Waals surface area contributed by atoms with E-state index in [0.717, 1.165) is 5.69 Å². The fourth-order valence-electron chi connectivity index (χ4n) is 3.49. The van der Waals surface area contributed by atoms with Gasteiger partial charge in [0.15, 0.2) is 5.13 Å². The van der Waals surface area contributed by atoms with E-state index in [9.17, 15) is 13.2 Å². The molecule has 0 radical (unpaired) electrons. The molecule has 166 valence electrons. The second-order valence-corrected chi connectivity index (χ2v) is 10.9. The van der Waals surface area contributed by atoms with E-state index in [1.165, 1.54) is 15.6 Å². The molecule has 1 amide bonds. The molecule has 0 unspecified atom stereocenters. The topological polar surface area (TPSA) is 82.6 Å². The molecule has 3 rings (SSSR count). The predicted octanol–water partition coefficient (Wildman–Crippen LogP) is 4.42. The van der Waals surface area contributed by atoms with E-state index in [1.54, 1.807) is 30.3 Å². The van der Waals surface area contributed by atoms with E-state index in [4.69, 9.17) is 0 Å². The Morgan fingerprint density at radius 2 is 1.71 bits per heavy atom. The summed E-state index contributed by atoms with van der Waals surface area (Å²) in [7, 11) is 0.185. The van der Waals surface area contributed by atoms with Crippen molar-refractivity contribution in [3.8, 4) is 0 Å². The van der Waals surface area contributed by atoms with Gasteiger partial charge in [0.25, 0.3) is 5.91 Å². The van der Waals surface area contributed by atoms with Crippen LogP contribution in [0, 0.1) is 0 Å². The summed E-state index contributed by atoms with van der Waals surface area (Å²) in [6, 6.07) is 11.9. The van der Waals surface area contributed by atoms with Crippen LogP contribution in [-0.4, -0.2) is 49.8 Å². The van der Waals surface area contributed by atoms with Gasteiger partial charge in [-0.05, 0) is 64.1 Å². The van der Waals surface area contributed by atoms with Crippen LogP contribution in [-0.2, 0) is 10.0 Å². The molecule has 31 heavy (non-hydrogen) atoms. The molecule has 0 saturated carbocycles. The first-order chi connectivity index (χ1) is 14.5. The van der Waals surface area contributed by atoms with Crippen molar-refractivity contribution in [1.82, 2.24) is 9.29 Å². The number of aromatic nitrogens is 1. The molecule has 0 saturated heterocycles. The van der Waals surface area contributed by atoms with E-state index in [1.807, 2.05) is 58.8 Å². The van der Waals surface area contributed by atoms with Gasteiger partial charge >= 0.3 is 0 Å². The third kappa shape index (κ3) is 4.89. The standard InChI is InChI=1S/C22H28N4O3S2/c1-14(2)26(15(3)4)31(28,29)18-10-11-19-20(13-18)30-22(23-19)24-21(27)16-8-7-9-17(12-16)25(5)6/h7-15H,1-6H3,(H,23,24,27). The highest BCUT2D eigenvalue weighted by Gasteiger charge is 2.29. The van der Waals surface area contributed by atoms with Crippen molar-refractivity contribution in [3.63, 3.8) is 0 Å². The Labute approximate surface area is 187 Å². The molecule has 0 aliphatic heterocycles. The minimum Gasteiger partial charge on any atom is -0.378 e. The number of hydrogen-bond donors (Lipinski definition) is 1. The Bertz CT molecular complexity index is 1190. The molecule has 1 heterocycles. The maximum absolute atomic E-state index is 13.2. The number of nitrogens with one attached hydrogen (secondary N) is 1. The fourth-order valence-corrected chi connectivity index (χ4v) is 6.32. The van der Waals surface area contributed by atoms with Gasteiger partial charge in [0.1, 0.15) is 0 Å². The highest BCUT2D eigenvalue weighted by molar-refractivity contribution is 7.89. The highest BCUT2D eigenvalue weighted by atomic mass is 32.2. The molecule has 9 heteroatoms. The van der Waals surface area contributed by atoms with Crippen LogP contribution in [0.5, 0.6) is 0 Å². The molecule has 0 aliphatic rings. The summed E-state index contributed by atoms with van der Waals surface area (Å²) in [5.74, 6) is -0.263. The van der Waals surface area contributed by atoms with E-state index in [2.05, 4.69) is 10.3 Å². The van der Waals surface area contributed by atoms with E-state index < -0.39 is 10.0 Å². The fraction of sp³-hybridized carbons (Fsp3) is 0.364. The lowest BCUT2D eigenvalue weighted by molar-refractivity contribution is 0.102. The van der Waals surface area contributed by atoms with Gasteiger partial charge in [-0.2, -0.15) is 4.31 Å².